The van der Waals surface area contributed by atoms with Crippen molar-refractivity contribution in [2.24, 2.45) is 0 Å². The van der Waals surface area contributed by atoms with Gasteiger partial charge in [-0.1, -0.05) is 11.8 Å². The van der Waals surface area contributed by atoms with E-state index < -0.39 is 0 Å². The molecule has 0 aliphatic rings. The summed E-state index contributed by atoms with van der Waals surface area (Å²) in [4.78, 5) is 5.21. The van der Waals surface area contributed by atoms with Crippen LogP contribution in [0, 0.1) is 0 Å². The highest BCUT2D eigenvalue weighted by molar-refractivity contribution is 7.99. The zero-order valence-corrected chi connectivity index (χ0v) is 12.5. The topological polar surface area (TPSA) is 71.4 Å². The van der Waals surface area contributed by atoms with Crippen LogP contribution in [0.2, 0.25) is 0 Å². The molecule has 6 nitrogen and oxygen atoms in total. The molecule has 21 heavy (non-hydrogen) atoms. The van der Waals surface area contributed by atoms with Gasteiger partial charge in [0.1, 0.15) is 6.33 Å². The smallest absolute Gasteiger partial charge is 0.188 e. The summed E-state index contributed by atoms with van der Waals surface area (Å²) >= 11 is 1.55. The van der Waals surface area contributed by atoms with Gasteiger partial charge >= 0.3 is 0 Å². The van der Waals surface area contributed by atoms with Gasteiger partial charge in [-0.2, -0.15) is 10.2 Å². The molecule has 3 aromatic rings. The number of benzene rings is 1. The van der Waals surface area contributed by atoms with Crippen molar-refractivity contribution in [3.63, 3.8) is 0 Å². The maximum absolute atomic E-state index is 4.26. The molecule has 0 bridgehead atoms. The third kappa shape index (κ3) is 3.63. The largest absolute Gasteiger partial charge is 0.381 e. The van der Waals surface area contributed by atoms with Crippen LogP contribution in [-0.2, 0) is 13.1 Å². The van der Waals surface area contributed by atoms with Crippen molar-refractivity contribution >= 4 is 17.4 Å². The van der Waals surface area contributed by atoms with E-state index >= 15 is 0 Å². The fraction of sp³-hybridized carbons (Fsp3) is 0.214. The molecule has 0 radical (unpaired) electrons. The molecule has 0 unspecified atom stereocenters. The first-order valence-corrected chi connectivity index (χ1v) is 7.53. The summed E-state index contributed by atoms with van der Waals surface area (Å²) in [7, 11) is 0. The van der Waals surface area contributed by atoms with Crippen molar-refractivity contribution in [2.75, 3.05) is 5.32 Å². The van der Waals surface area contributed by atoms with E-state index in [0.717, 1.165) is 28.8 Å². The van der Waals surface area contributed by atoms with Crippen molar-refractivity contribution in [3.05, 3.63) is 48.5 Å². The summed E-state index contributed by atoms with van der Waals surface area (Å²) in [5, 5.41) is 15.1. The Kier molecular flexibility index (Phi) is 4.20. The lowest BCUT2D eigenvalue weighted by molar-refractivity contribution is 0.659. The number of nitrogens with zero attached hydrogens (tertiary/aromatic N) is 4. The second-order valence-electron chi connectivity index (χ2n) is 4.47. The van der Waals surface area contributed by atoms with E-state index in [0.29, 0.717) is 0 Å². The highest BCUT2D eigenvalue weighted by Gasteiger charge is 2.01. The van der Waals surface area contributed by atoms with E-state index in [9.17, 15) is 0 Å². The van der Waals surface area contributed by atoms with Crippen molar-refractivity contribution in [3.8, 4) is 0 Å². The van der Waals surface area contributed by atoms with E-state index in [4.69, 9.17) is 0 Å². The van der Waals surface area contributed by atoms with Crippen LogP contribution in [0.4, 0.5) is 5.69 Å². The quantitative estimate of drug-likeness (QED) is 0.732. The van der Waals surface area contributed by atoms with Crippen LogP contribution in [0.25, 0.3) is 0 Å². The van der Waals surface area contributed by atoms with Gasteiger partial charge in [0.05, 0.1) is 6.20 Å². The Balaban J connectivity index is 1.56. The molecule has 0 aliphatic heterocycles. The molecule has 0 amide bonds. The number of H-pyrrole nitrogens is 1. The lowest BCUT2D eigenvalue weighted by Gasteiger charge is -2.05. The maximum atomic E-state index is 4.26. The summed E-state index contributed by atoms with van der Waals surface area (Å²) in [6.07, 6.45) is 5.46. The number of hydrogen-bond acceptors (Lipinski definition) is 5. The first-order valence-electron chi connectivity index (χ1n) is 6.72. The van der Waals surface area contributed by atoms with Crippen LogP contribution in [-0.4, -0.2) is 25.0 Å². The average molecular weight is 300 g/mol. The van der Waals surface area contributed by atoms with Crippen molar-refractivity contribution in [1.29, 1.82) is 0 Å². The van der Waals surface area contributed by atoms with Crippen LogP contribution in [0.3, 0.4) is 0 Å². The third-order valence-corrected chi connectivity index (χ3v) is 3.87. The molecule has 2 N–H and O–H groups in total. The second kappa shape index (κ2) is 6.45. The second-order valence-corrected chi connectivity index (χ2v) is 5.54. The molecule has 2 aromatic heterocycles. The predicted molar refractivity (Wildman–Crippen MR) is 82.2 cm³/mol. The number of aromatic amines is 1. The normalized spacial score (nSPS) is 10.7. The van der Waals surface area contributed by atoms with Gasteiger partial charge in [-0.05, 0) is 31.2 Å². The van der Waals surface area contributed by atoms with Crippen LogP contribution in [0.5, 0.6) is 0 Å². The van der Waals surface area contributed by atoms with Crippen LogP contribution >= 0.6 is 11.8 Å². The van der Waals surface area contributed by atoms with Crippen LogP contribution < -0.4 is 5.32 Å². The lowest BCUT2D eigenvalue weighted by atomic mass is 10.3. The minimum absolute atomic E-state index is 0.772. The highest BCUT2D eigenvalue weighted by Crippen LogP contribution is 2.25. The molecule has 0 aliphatic carbocycles. The zero-order valence-electron chi connectivity index (χ0n) is 11.7. The molecule has 0 saturated heterocycles. The van der Waals surface area contributed by atoms with Crippen molar-refractivity contribution in [1.82, 2.24) is 25.0 Å². The minimum atomic E-state index is 0.772. The van der Waals surface area contributed by atoms with E-state index in [2.05, 4.69) is 63.0 Å². The Labute approximate surface area is 127 Å². The molecule has 3 rings (SSSR count). The fourth-order valence-corrected chi connectivity index (χ4v) is 2.56. The standard InChI is InChI=1S/C14H16N6S/c1-2-20-9-11(8-18-20)7-15-12-3-5-13(6-4-12)21-14-16-10-17-19-14/h3-6,8-10,15H,2,7H2,1H3,(H,16,17,19). The summed E-state index contributed by atoms with van der Waals surface area (Å²) in [5.41, 5.74) is 2.26. The lowest BCUT2D eigenvalue weighted by Crippen LogP contribution is -1.98. The third-order valence-electron chi connectivity index (χ3n) is 2.97. The first kappa shape index (κ1) is 13.7. The van der Waals surface area contributed by atoms with E-state index in [-0.39, 0.29) is 0 Å². The molecule has 108 valence electrons. The Morgan fingerprint density at radius 1 is 1.29 bits per heavy atom. The number of aromatic nitrogens is 5. The molecule has 7 heteroatoms. The Bertz CT molecular complexity index is 674. The number of anilines is 1. The molecule has 1 aromatic carbocycles. The number of aryl methyl sites for hydroxylation is 1. The Morgan fingerprint density at radius 3 is 2.81 bits per heavy atom. The molecule has 0 saturated carbocycles. The van der Waals surface area contributed by atoms with Gasteiger partial charge in [0.2, 0.25) is 0 Å². The van der Waals surface area contributed by atoms with Gasteiger partial charge in [0.25, 0.3) is 0 Å². The summed E-state index contributed by atoms with van der Waals surface area (Å²) in [5.74, 6) is 0. The van der Waals surface area contributed by atoms with Gasteiger partial charge in [0, 0.05) is 35.4 Å². The van der Waals surface area contributed by atoms with Crippen LogP contribution in [0.15, 0.2) is 53.0 Å². The number of hydrogen-bond donors (Lipinski definition) is 2. The van der Waals surface area contributed by atoms with Crippen molar-refractivity contribution in [2.45, 2.75) is 30.1 Å². The van der Waals surface area contributed by atoms with E-state index in [1.165, 1.54) is 11.9 Å². The first-order chi connectivity index (χ1) is 10.3. The van der Waals surface area contributed by atoms with Gasteiger partial charge in [-0.25, -0.2) is 4.98 Å². The van der Waals surface area contributed by atoms with Crippen molar-refractivity contribution < 1.29 is 0 Å². The number of rotatable bonds is 6. The molecule has 0 fully saturated rings. The Morgan fingerprint density at radius 2 is 2.14 bits per heavy atom. The fourth-order valence-electron chi connectivity index (χ4n) is 1.87. The highest BCUT2D eigenvalue weighted by atomic mass is 32.2. The minimum Gasteiger partial charge on any atom is -0.381 e. The van der Waals surface area contributed by atoms with E-state index in [1.807, 2.05) is 10.9 Å². The molecular weight excluding hydrogens is 284 g/mol. The summed E-state index contributed by atoms with van der Waals surface area (Å²) in [6.45, 7) is 3.75. The SMILES string of the molecule is CCn1cc(CNc2ccc(Sc3ncn[nH]3)cc2)cn1. The molecular formula is C14H16N6S. The van der Waals surface area contributed by atoms with Gasteiger partial charge in [-0.15, -0.1) is 0 Å². The maximum Gasteiger partial charge on any atom is 0.188 e. The number of nitrogens with one attached hydrogen (secondary N) is 2. The molecule has 2 heterocycles. The monoisotopic (exact) mass is 300 g/mol. The van der Waals surface area contributed by atoms with Crippen LogP contribution in [0.1, 0.15) is 12.5 Å². The summed E-state index contributed by atoms with van der Waals surface area (Å²) in [6, 6.07) is 8.24. The van der Waals surface area contributed by atoms with E-state index in [1.54, 1.807) is 11.8 Å². The Hall–Kier alpha value is -2.28. The summed E-state index contributed by atoms with van der Waals surface area (Å²) < 4.78 is 1.92. The molecule has 0 spiro atoms. The predicted octanol–water partition coefficient (Wildman–Crippen LogP) is 2.78. The van der Waals surface area contributed by atoms with Gasteiger partial charge in [-0.3, -0.25) is 9.78 Å². The molecule has 0 atom stereocenters. The van der Waals surface area contributed by atoms with Gasteiger partial charge in [0.15, 0.2) is 5.16 Å². The average Bonchev–Trinajstić information content (AvgIpc) is 3.18. The van der Waals surface area contributed by atoms with Gasteiger partial charge < -0.3 is 5.32 Å². The zero-order chi connectivity index (χ0) is 14.5.